The summed E-state index contributed by atoms with van der Waals surface area (Å²) in [6, 6.07) is 7.01. The maximum Gasteiger partial charge on any atom is 0.155 e. The van der Waals surface area contributed by atoms with Crippen LogP contribution in [0.2, 0.25) is 5.15 Å². The topological polar surface area (TPSA) is 50.1 Å². The summed E-state index contributed by atoms with van der Waals surface area (Å²) < 4.78 is 1.80. The Morgan fingerprint density at radius 2 is 2.29 bits per heavy atom. The molecule has 88 valence electrons. The number of nitrogens with one attached hydrogen (secondary N) is 1. The second-order valence-electron chi connectivity index (χ2n) is 4.07. The van der Waals surface area contributed by atoms with Gasteiger partial charge in [0.05, 0.1) is 11.4 Å². The molecule has 0 aliphatic carbocycles. The van der Waals surface area contributed by atoms with Crippen LogP contribution in [0.4, 0.5) is 0 Å². The highest BCUT2D eigenvalue weighted by atomic mass is 35.5. The molecule has 0 unspecified atom stereocenters. The fourth-order valence-corrected chi connectivity index (χ4v) is 2.42. The minimum Gasteiger partial charge on any atom is -0.508 e. The summed E-state index contributed by atoms with van der Waals surface area (Å²) in [4.78, 5) is 0. The molecule has 0 radical (unpaired) electrons. The maximum absolute atomic E-state index is 9.50. The van der Waals surface area contributed by atoms with Crippen LogP contribution in [0.5, 0.6) is 5.75 Å². The second kappa shape index (κ2) is 4.05. The molecule has 5 heteroatoms. The number of rotatable bonds is 1. The Kier molecular flexibility index (Phi) is 2.53. The lowest BCUT2D eigenvalue weighted by atomic mass is 10.1. The van der Waals surface area contributed by atoms with Gasteiger partial charge in [0.1, 0.15) is 5.75 Å². The smallest absolute Gasteiger partial charge is 0.155 e. The third-order valence-electron chi connectivity index (χ3n) is 2.96. The first-order valence-electron chi connectivity index (χ1n) is 5.52. The third-order valence-corrected chi connectivity index (χ3v) is 3.26. The highest BCUT2D eigenvalue weighted by Crippen LogP contribution is 2.26. The van der Waals surface area contributed by atoms with E-state index in [0.29, 0.717) is 5.15 Å². The molecule has 4 nitrogen and oxygen atoms in total. The average Bonchev–Trinajstić information content (AvgIpc) is 2.68. The van der Waals surface area contributed by atoms with Gasteiger partial charge in [0.25, 0.3) is 0 Å². The van der Waals surface area contributed by atoms with Crippen LogP contribution in [-0.2, 0) is 13.0 Å². The van der Waals surface area contributed by atoms with Crippen LogP contribution < -0.4 is 5.32 Å². The Hall–Kier alpha value is -1.52. The summed E-state index contributed by atoms with van der Waals surface area (Å²) in [7, 11) is 0. The van der Waals surface area contributed by atoms with Crippen LogP contribution in [0.3, 0.4) is 0 Å². The van der Waals surface area contributed by atoms with Crippen molar-refractivity contribution in [1.29, 1.82) is 0 Å². The Balaban J connectivity index is 2.15. The van der Waals surface area contributed by atoms with Gasteiger partial charge in [-0.2, -0.15) is 5.10 Å². The van der Waals surface area contributed by atoms with Crippen molar-refractivity contribution in [3.63, 3.8) is 0 Å². The van der Waals surface area contributed by atoms with Gasteiger partial charge in [-0.15, -0.1) is 0 Å². The number of nitrogens with zero attached hydrogens (tertiary/aromatic N) is 2. The molecule has 0 fully saturated rings. The molecule has 0 bridgehead atoms. The maximum atomic E-state index is 9.50. The van der Waals surface area contributed by atoms with Crippen molar-refractivity contribution >= 4 is 11.6 Å². The molecule has 0 saturated heterocycles. The van der Waals surface area contributed by atoms with E-state index in [1.54, 1.807) is 22.9 Å². The van der Waals surface area contributed by atoms with E-state index in [1.807, 2.05) is 6.07 Å². The summed E-state index contributed by atoms with van der Waals surface area (Å²) in [5, 5.41) is 17.7. The minimum absolute atomic E-state index is 0.228. The summed E-state index contributed by atoms with van der Waals surface area (Å²) >= 11 is 6.13. The fourth-order valence-electron chi connectivity index (χ4n) is 2.14. The van der Waals surface area contributed by atoms with Gasteiger partial charge in [-0.05, 0) is 25.1 Å². The van der Waals surface area contributed by atoms with Crippen LogP contribution >= 0.6 is 11.6 Å². The van der Waals surface area contributed by atoms with Crippen LogP contribution in [0.15, 0.2) is 24.3 Å². The number of phenols is 1. The normalized spacial score (nSPS) is 14.6. The number of hydrogen-bond acceptors (Lipinski definition) is 3. The molecular formula is C12H12ClN3O. The molecular weight excluding hydrogens is 238 g/mol. The van der Waals surface area contributed by atoms with Crippen molar-refractivity contribution in [3.05, 3.63) is 40.7 Å². The molecule has 1 aliphatic rings. The monoisotopic (exact) mass is 249 g/mol. The summed E-state index contributed by atoms with van der Waals surface area (Å²) in [5.74, 6) is 0.228. The first kappa shape index (κ1) is 10.6. The predicted octanol–water partition coefficient (Wildman–Crippen LogP) is 1.88. The zero-order valence-electron chi connectivity index (χ0n) is 9.15. The van der Waals surface area contributed by atoms with Crippen molar-refractivity contribution in [2.24, 2.45) is 0 Å². The highest BCUT2D eigenvalue weighted by molar-refractivity contribution is 6.30. The van der Waals surface area contributed by atoms with Crippen molar-refractivity contribution in [1.82, 2.24) is 15.1 Å². The lowest BCUT2D eigenvalue weighted by Crippen LogP contribution is -2.25. The van der Waals surface area contributed by atoms with E-state index in [0.717, 1.165) is 36.5 Å². The molecule has 2 aromatic rings. The van der Waals surface area contributed by atoms with Crippen molar-refractivity contribution in [3.8, 4) is 11.4 Å². The predicted molar refractivity (Wildman–Crippen MR) is 65.6 cm³/mol. The van der Waals surface area contributed by atoms with E-state index in [1.165, 1.54) is 0 Å². The Morgan fingerprint density at radius 1 is 1.41 bits per heavy atom. The van der Waals surface area contributed by atoms with Gasteiger partial charge in [0.15, 0.2) is 5.15 Å². The first-order valence-corrected chi connectivity index (χ1v) is 5.90. The number of aromatic nitrogens is 2. The Morgan fingerprint density at radius 3 is 3.12 bits per heavy atom. The van der Waals surface area contributed by atoms with E-state index in [2.05, 4.69) is 10.4 Å². The van der Waals surface area contributed by atoms with Gasteiger partial charge in [-0.25, -0.2) is 4.68 Å². The molecule has 0 saturated carbocycles. The Labute approximate surface area is 104 Å². The van der Waals surface area contributed by atoms with E-state index in [4.69, 9.17) is 11.6 Å². The first-order chi connectivity index (χ1) is 8.25. The number of phenolic OH excluding ortho intramolecular Hbond substituents is 1. The molecule has 1 aromatic carbocycles. The number of benzene rings is 1. The SMILES string of the molecule is Oc1cccc(-n2nc(Cl)c3c2CNCC3)c1. The zero-order valence-corrected chi connectivity index (χ0v) is 9.91. The minimum atomic E-state index is 0.228. The van der Waals surface area contributed by atoms with Gasteiger partial charge in [-0.3, -0.25) is 0 Å². The molecule has 1 aromatic heterocycles. The largest absolute Gasteiger partial charge is 0.508 e. The van der Waals surface area contributed by atoms with Crippen LogP contribution in [0, 0.1) is 0 Å². The number of aromatic hydroxyl groups is 1. The molecule has 3 rings (SSSR count). The molecule has 0 amide bonds. The molecule has 0 atom stereocenters. The molecule has 2 heterocycles. The van der Waals surface area contributed by atoms with Crippen molar-refractivity contribution in [2.75, 3.05) is 6.54 Å². The van der Waals surface area contributed by atoms with Gasteiger partial charge < -0.3 is 10.4 Å². The number of hydrogen-bond donors (Lipinski definition) is 2. The van der Waals surface area contributed by atoms with Gasteiger partial charge in [0.2, 0.25) is 0 Å². The highest BCUT2D eigenvalue weighted by Gasteiger charge is 2.20. The summed E-state index contributed by atoms with van der Waals surface area (Å²) in [6.45, 7) is 1.68. The summed E-state index contributed by atoms with van der Waals surface area (Å²) in [6.07, 6.45) is 0.896. The zero-order chi connectivity index (χ0) is 11.8. The van der Waals surface area contributed by atoms with Crippen LogP contribution in [0.25, 0.3) is 5.69 Å². The molecule has 1 aliphatic heterocycles. The van der Waals surface area contributed by atoms with E-state index >= 15 is 0 Å². The Bertz CT molecular complexity index is 565. The van der Waals surface area contributed by atoms with E-state index < -0.39 is 0 Å². The number of fused-ring (bicyclic) bond motifs is 1. The fraction of sp³-hybridized carbons (Fsp3) is 0.250. The molecule has 17 heavy (non-hydrogen) atoms. The molecule has 0 spiro atoms. The van der Waals surface area contributed by atoms with Crippen molar-refractivity contribution < 1.29 is 5.11 Å². The van der Waals surface area contributed by atoms with E-state index in [9.17, 15) is 5.11 Å². The van der Waals surface area contributed by atoms with Gasteiger partial charge >= 0.3 is 0 Å². The third kappa shape index (κ3) is 1.79. The second-order valence-corrected chi connectivity index (χ2v) is 4.43. The summed E-state index contributed by atoms with van der Waals surface area (Å²) in [5.41, 5.74) is 3.01. The molecule has 2 N–H and O–H groups in total. The standard InChI is InChI=1S/C12H12ClN3O/c13-12-10-4-5-14-7-11(10)16(15-12)8-2-1-3-9(17)6-8/h1-3,6,14,17H,4-5,7H2. The van der Waals surface area contributed by atoms with Gasteiger partial charge in [0, 0.05) is 18.2 Å². The average molecular weight is 250 g/mol. The van der Waals surface area contributed by atoms with Gasteiger partial charge in [-0.1, -0.05) is 17.7 Å². The lowest BCUT2D eigenvalue weighted by molar-refractivity contribution is 0.474. The quantitative estimate of drug-likeness (QED) is 0.811. The lowest BCUT2D eigenvalue weighted by Gasteiger charge is -2.15. The van der Waals surface area contributed by atoms with E-state index in [-0.39, 0.29) is 5.75 Å². The van der Waals surface area contributed by atoms with Crippen LogP contribution in [0.1, 0.15) is 11.3 Å². The van der Waals surface area contributed by atoms with Crippen LogP contribution in [-0.4, -0.2) is 21.4 Å². The number of halogens is 1. The van der Waals surface area contributed by atoms with Crippen molar-refractivity contribution in [2.45, 2.75) is 13.0 Å².